The Morgan fingerprint density at radius 2 is 1.85 bits per heavy atom. The SMILES string of the molecule is Cl.Cl.c1ccc(N2CCNC(c3cccnc3)C2)cc1. The Labute approximate surface area is 132 Å². The highest BCUT2D eigenvalue weighted by molar-refractivity contribution is 5.85. The van der Waals surface area contributed by atoms with Crippen molar-refractivity contribution in [2.75, 3.05) is 24.5 Å². The van der Waals surface area contributed by atoms with Gasteiger partial charge in [0.1, 0.15) is 0 Å². The van der Waals surface area contributed by atoms with Crippen LogP contribution in [-0.4, -0.2) is 24.6 Å². The number of benzene rings is 1. The lowest BCUT2D eigenvalue weighted by atomic mass is 10.1. The first kappa shape index (κ1) is 16.8. The number of pyridine rings is 1. The van der Waals surface area contributed by atoms with Crippen molar-refractivity contribution in [3.63, 3.8) is 0 Å². The Kier molecular flexibility index (Phi) is 6.79. The lowest BCUT2D eigenvalue weighted by molar-refractivity contribution is 0.471. The highest BCUT2D eigenvalue weighted by Gasteiger charge is 2.20. The molecule has 1 unspecified atom stereocenters. The van der Waals surface area contributed by atoms with Gasteiger partial charge >= 0.3 is 0 Å². The van der Waals surface area contributed by atoms with E-state index >= 15 is 0 Å². The standard InChI is InChI=1S/C15H17N3.2ClH/c1-2-6-14(7-3-1)18-10-9-17-15(12-18)13-5-4-8-16-11-13;;/h1-8,11,15,17H,9-10,12H2;2*1H. The van der Waals surface area contributed by atoms with E-state index in [0.29, 0.717) is 6.04 Å². The molecule has 0 saturated carbocycles. The van der Waals surface area contributed by atoms with Gasteiger partial charge in [-0.1, -0.05) is 24.3 Å². The Morgan fingerprint density at radius 1 is 1.05 bits per heavy atom. The fraction of sp³-hybridized carbons (Fsp3) is 0.267. The van der Waals surface area contributed by atoms with Crippen LogP contribution < -0.4 is 10.2 Å². The summed E-state index contributed by atoms with van der Waals surface area (Å²) in [5.74, 6) is 0. The molecule has 0 bridgehead atoms. The van der Waals surface area contributed by atoms with Crippen LogP contribution in [0.1, 0.15) is 11.6 Å². The summed E-state index contributed by atoms with van der Waals surface area (Å²) in [5.41, 5.74) is 2.56. The van der Waals surface area contributed by atoms with E-state index in [0.717, 1.165) is 19.6 Å². The number of rotatable bonds is 2. The Bertz CT molecular complexity index is 447. The summed E-state index contributed by atoms with van der Waals surface area (Å²) >= 11 is 0. The van der Waals surface area contributed by atoms with Crippen molar-refractivity contribution in [3.8, 4) is 0 Å². The van der Waals surface area contributed by atoms with Crippen molar-refractivity contribution in [1.82, 2.24) is 10.3 Å². The first-order chi connectivity index (χ1) is 8.93. The van der Waals surface area contributed by atoms with Crippen LogP contribution in [-0.2, 0) is 0 Å². The number of nitrogens with one attached hydrogen (secondary N) is 1. The van der Waals surface area contributed by atoms with Crippen LogP contribution in [0.4, 0.5) is 5.69 Å². The molecule has 1 fully saturated rings. The van der Waals surface area contributed by atoms with Gasteiger partial charge in [-0.2, -0.15) is 0 Å². The number of para-hydroxylation sites is 1. The second-order valence-corrected chi connectivity index (χ2v) is 4.57. The van der Waals surface area contributed by atoms with E-state index in [9.17, 15) is 0 Å². The summed E-state index contributed by atoms with van der Waals surface area (Å²) in [4.78, 5) is 6.62. The number of hydrogen-bond donors (Lipinski definition) is 1. The molecule has 0 radical (unpaired) electrons. The molecule has 3 rings (SSSR count). The molecule has 20 heavy (non-hydrogen) atoms. The molecule has 0 spiro atoms. The van der Waals surface area contributed by atoms with Crippen molar-refractivity contribution in [2.45, 2.75) is 6.04 Å². The summed E-state index contributed by atoms with van der Waals surface area (Å²) in [7, 11) is 0. The molecule has 1 N–H and O–H groups in total. The fourth-order valence-electron chi connectivity index (χ4n) is 2.43. The minimum Gasteiger partial charge on any atom is -0.368 e. The summed E-state index contributed by atoms with van der Waals surface area (Å²) in [6, 6.07) is 15.1. The van der Waals surface area contributed by atoms with Crippen LogP contribution in [0.3, 0.4) is 0 Å². The largest absolute Gasteiger partial charge is 0.368 e. The van der Waals surface area contributed by atoms with E-state index in [2.05, 4.69) is 51.6 Å². The van der Waals surface area contributed by atoms with Gasteiger partial charge in [-0.15, -0.1) is 24.8 Å². The van der Waals surface area contributed by atoms with Gasteiger partial charge in [-0.25, -0.2) is 0 Å². The third-order valence-electron chi connectivity index (χ3n) is 3.38. The van der Waals surface area contributed by atoms with Crippen LogP contribution in [0, 0.1) is 0 Å². The molecule has 108 valence electrons. The normalized spacial score (nSPS) is 17.8. The van der Waals surface area contributed by atoms with E-state index in [-0.39, 0.29) is 24.8 Å². The molecular formula is C15H19Cl2N3. The van der Waals surface area contributed by atoms with Crippen molar-refractivity contribution in [1.29, 1.82) is 0 Å². The van der Waals surface area contributed by atoms with Crippen molar-refractivity contribution in [3.05, 3.63) is 60.4 Å². The number of halogens is 2. The molecule has 1 saturated heterocycles. The molecule has 2 aromatic rings. The summed E-state index contributed by atoms with van der Waals surface area (Å²) in [6.45, 7) is 3.06. The smallest absolute Gasteiger partial charge is 0.0514 e. The van der Waals surface area contributed by atoms with Crippen molar-refractivity contribution >= 4 is 30.5 Å². The maximum absolute atomic E-state index is 4.20. The summed E-state index contributed by atoms with van der Waals surface area (Å²) in [6.07, 6.45) is 3.77. The van der Waals surface area contributed by atoms with Gasteiger partial charge in [0, 0.05) is 37.7 Å². The molecule has 1 aliphatic heterocycles. The fourth-order valence-corrected chi connectivity index (χ4v) is 2.43. The molecule has 0 aliphatic carbocycles. The first-order valence-corrected chi connectivity index (χ1v) is 6.37. The maximum Gasteiger partial charge on any atom is 0.0514 e. The van der Waals surface area contributed by atoms with Crippen LogP contribution in [0.5, 0.6) is 0 Å². The molecule has 2 heterocycles. The number of anilines is 1. The van der Waals surface area contributed by atoms with Gasteiger partial charge in [-0.3, -0.25) is 4.98 Å². The second-order valence-electron chi connectivity index (χ2n) is 4.57. The number of aromatic nitrogens is 1. The quantitative estimate of drug-likeness (QED) is 0.924. The number of nitrogens with zero attached hydrogens (tertiary/aromatic N) is 2. The molecular weight excluding hydrogens is 293 g/mol. The van der Waals surface area contributed by atoms with Crippen molar-refractivity contribution < 1.29 is 0 Å². The average Bonchev–Trinajstić information content (AvgIpc) is 2.49. The Hall–Kier alpha value is -1.29. The van der Waals surface area contributed by atoms with Gasteiger partial charge < -0.3 is 10.2 Å². The third-order valence-corrected chi connectivity index (χ3v) is 3.38. The summed E-state index contributed by atoms with van der Waals surface area (Å²) in [5, 5.41) is 3.55. The van der Waals surface area contributed by atoms with Gasteiger partial charge in [0.25, 0.3) is 0 Å². The Balaban J connectivity index is 0.000001000. The van der Waals surface area contributed by atoms with E-state index in [1.165, 1.54) is 11.3 Å². The number of piperazine rings is 1. The second kappa shape index (κ2) is 8.10. The van der Waals surface area contributed by atoms with Crippen LogP contribution >= 0.6 is 24.8 Å². The molecule has 1 aliphatic rings. The zero-order chi connectivity index (χ0) is 12.2. The average molecular weight is 312 g/mol. The van der Waals surface area contributed by atoms with Gasteiger partial charge in [0.05, 0.1) is 6.04 Å². The van der Waals surface area contributed by atoms with E-state index < -0.39 is 0 Å². The zero-order valence-electron chi connectivity index (χ0n) is 11.1. The number of hydrogen-bond acceptors (Lipinski definition) is 3. The van der Waals surface area contributed by atoms with Gasteiger partial charge in [0.2, 0.25) is 0 Å². The zero-order valence-corrected chi connectivity index (χ0v) is 12.7. The van der Waals surface area contributed by atoms with E-state index in [1.54, 1.807) is 0 Å². The van der Waals surface area contributed by atoms with Gasteiger partial charge in [-0.05, 0) is 23.8 Å². The maximum atomic E-state index is 4.20. The molecule has 0 amide bonds. The molecule has 5 heteroatoms. The predicted octanol–water partition coefficient (Wildman–Crippen LogP) is 3.08. The van der Waals surface area contributed by atoms with Crippen LogP contribution in [0.25, 0.3) is 0 Å². The highest BCUT2D eigenvalue weighted by Crippen LogP contribution is 2.21. The first-order valence-electron chi connectivity index (χ1n) is 6.37. The van der Waals surface area contributed by atoms with Crippen LogP contribution in [0.2, 0.25) is 0 Å². The molecule has 1 aromatic heterocycles. The minimum atomic E-state index is 0. The third kappa shape index (κ3) is 3.85. The van der Waals surface area contributed by atoms with Crippen molar-refractivity contribution in [2.24, 2.45) is 0 Å². The summed E-state index contributed by atoms with van der Waals surface area (Å²) < 4.78 is 0. The lowest BCUT2D eigenvalue weighted by Crippen LogP contribution is -2.45. The lowest BCUT2D eigenvalue weighted by Gasteiger charge is -2.35. The van der Waals surface area contributed by atoms with E-state index in [1.807, 2.05) is 18.5 Å². The predicted molar refractivity (Wildman–Crippen MR) is 88.1 cm³/mol. The van der Waals surface area contributed by atoms with Crippen LogP contribution in [0.15, 0.2) is 54.9 Å². The molecule has 1 atom stereocenters. The molecule has 1 aromatic carbocycles. The Morgan fingerprint density at radius 3 is 2.55 bits per heavy atom. The topological polar surface area (TPSA) is 28.2 Å². The minimum absolute atomic E-state index is 0. The molecule has 3 nitrogen and oxygen atoms in total. The monoisotopic (exact) mass is 311 g/mol. The van der Waals surface area contributed by atoms with E-state index in [4.69, 9.17) is 0 Å². The highest BCUT2D eigenvalue weighted by atomic mass is 35.5. The van der Waals surface area contributed by atoms with Gasteiger partial charge in [0.15, 0.2) is 0 Å².